The first kappa shape index (κ1) is 9.29. The van der Waals surface area contributed by atoms with Crippen LogP contribution in [0.4, 0.5) is 0 Å². The summed E-state index contributed by atoms with van der Waals surface area (Å²) in [6.45, 7) is 0.467. The Morgan fingerprint density at radius 1 is 1.58 bits per heavy atom. The lowest BCUT2D eigenvalue weighted by molar-refractivity contribution is -0.129. The maximum atomic E-state index is 9.86. The highest BCUT2D eigenvalue weighted by Gasteiger charge is 2.01. The second-order valence-corrected chi connectivity index (χ2v) is 2.80. The maximum absolute atomic E-state index is 9.86. The number of halogens is 2. The van der Waals surface area contributed by atoms with Gasteiger partial charge in [-0.05, 0) is 6.07 Å². The van der Waals surface area contributed by atoms with Gasteiger partial charge >= 0.3 is 0 Å². The SMILES string of the molecule is O=COCc1cc(Cl)ncc1Cl. The summed E-state index contributed by atoms with van der Waals surface area (Å²) in [4.78, 5) is 13.6. The van der Waals surface area contributed by atoms with E-state index in [4.69, 9.17) is 23.2 Å². The van der Waals surface area contributed by atoms with E-state index in [1.165, 1.54) is 6.20 Å². The van der Waals surface area contributed by atoms with Crippen molar-refractivity contribution in [3.05, 3.63) is 28.0 Å². The van der Waals surface area contributed by atoms with Gasteiger partial charge in [0.1, 0.15) is 11.8 Å². The normalized spacial score (nSPS) is 9.50. The fraction of sp³-hybridized carbons (Fsp3) is 0.143. The lowest BCUT2D eigenvalue weighted by atomic mass is 10.3. The molecule has 0 spiro atoms. The van der Waals surface area contributed by atoms with Crippen LogP contribution in [-0.4, -0.2) is 11.5 Å². The van der Waals surface area contributed by atoms with Crippen molar-refractivity contribution in [2.45, 2.75) is 6.61 Å². The predicted octanol–water partition coefficient (Wildman–Crippen LogP) is 2.06. The van der Waals surface area contributed by atoms with Gasteiger partial charge < -0.3 is 4.74 Å². The molecular formula is C7H5Cl2NO2. The Bertz CT molecular complexity index is 291. The molecule has 0 aliphatic heterocycles. The van der Waals surface area contributed by atoms with Crippen molar-refractivity contribution >= 4 is 29.7 Å². The van der Waals surface area contributed by atoms with Crippen LogP contribution >= 0.6 is 23.2 Å². The monoisotopic (exact) mass is 205 g/mol. The molecule has 0 aromatic carbocycles. The molecule has 5 heteroatoms. The first-order chi connectivity index (χ1) is 5.74. The molecule has 64 valence electrons. The zero-order valence-corrected chi connectivity index (χ0v) is 7.47. The molecule has 0 saturated heterocycles. The number of aromatic nitrogens is 1. The fourth-order valence-corrected chi connectivity index (χ4v) is 1.02. The van der Waals surface area contributed by atoms with Crippen LogP contribution in [0.5, 0.6) is 0 Å². The Morgan fingerprint density at radius 3 is 3.00 bits per heavy atom. The van der Waals surface area contributed by atoms with Gasteiger partial charge in [-0.1, -0.05) is 23.2 Å². The van der Waals surface area contributed by atoms with Gasteiger partial charge in [0.2, 0.25) is 0 Å². The van der Waals surface area contributed by atoms with Crippen LogP contribution in [0.3, 0.4) is 0 Å². The Kier molecular flexibility index (Phi) is 3.31. The highest BCUT2D eigenvalue weighted by Crippen LogP contribution is 2.18. The van der Waals surface area contributed by atoms with Crippen molar-refractivity contribution in [2.75, 3.05) is 0 Å². The summed E-state index contributed by atoms with van der Waals surface area (Å²) in [5.74, 6) is 0. The molecule has 1 aromatic rings. The van der Waals surface area contributed by atoms with E-state index < -0.39 is 0 Å². The van der Waals surface area contributed by atoms with Crippen LogP contribution in [0.25, 0.3) is 0 Å². The van der Waals surface area contributed by atoms with Gasteiger partial charge in [-0.2, -0.15) is 0 Å². The van der Waals surface area contributed by atoms with Crippen molar-refractivity contribution < 1.29 is 9.53 Å². The molecule has 0 bridgehead atoms. The van der Waals surface area contributed by atoms with Crippen LogP contribution in [0.1, 0.15) is 5.56 Å². The summed E-state index contributed by atoms with van der Waals surface area (Å²) in [7, 11) is 0. The molecule has 0 fully saturated rings. The molecule has 0 unspecified atom stereocenters. The van der Waals surface area contributed by atoms with E-state index in [9.17, 15) is 4.79 Å². The van der Waals surface area contributed by atoms with E-state index in [0.717, 1.165) is 0 Å². The summed E-state index contributed by atoms with van der Waals surface area (Å²) in [6.07, 6.45) is 1.41. The highest BCUT2D eigenvalue weighted by molar-refractivity contribution is 6.32. The first-order valence-corrected chi connectivity index (χ1v) is 3.85. The van der Waals surface area contributed by atoms with Gasteiger partial charge in [0.05, 0.1) is 5.02 Å². The van der Waals surface area contributed by atoms with Gasteiger partial charge in [0.25, 0.3) is 6.47 Å². The average molecular weight is 206 g/mol. The predicted molar refractivity (Wildman–Crippen MR) is 45.1 cm³/mol. The van der Waals surface area contributed by atoms with Crippen molar-refractivity contribution in [2.24, 2.45) is 0 Å². The lowest BCUT2D eigenvalue weighted by Gasteiger charge is -2.01. The minimum Gasteiger partial charge on any atom is -0.463 e. The van der Waals surface area contributed by atoms with Crippen molar-refractivity contribution in [3.8, 4) is 0 Å². The number of rotatable bonds is 3. The van der Waals surface area contributed by atoms with Gasteiger partial charge in [-0.25, -0.2) is 4.98 Å². The van der Waals surface area contributed by atoms with E-state index in [1.807, 2.05) is 0 Å². The van der Waals surface area contributed by atoms with E-state index in [0.29, 0.717) is 22.2 Å². The largest absolute Gasteiger partial charge is 0.463 e. The fourth-order valence-electron chi connectivity index (χ4n) is 0.686. The first-order valence-electron chi connectivity index (χ1n) is 3.09. The van der Waals surface area contributed by atoms with E-state index in [2.05, 4.69) is 9.72 Å². The molecular weight excluding hydrogens is 201 g/mol. The zero-order chi connectivity index (χ0) is 8.97. The van der Waals surface area contributed by atoms with E-state index in [1.54, 1.807) is 6.07 Å². The summed E-state index contributed by atoms with van der Waals surface area (Å²) in [5.41, 5.74) is 0.642. The molecule has 3 nitrogen and oxygen atoms in total. The average Bonchev–Trinajstić information content (AvgIpc) is 2.07. The quantitative estimate of drug-likeness (QED) is 0.561. The third-order valence-electron chi connectivity index (χ3n) is 1.21. The Hall–Kier alpha value is -0.800. The summed E-state index contributed by atoms with van der Waals surface area (Å²) < 4.78 is 4.50. The summed E-state index contributed by atoms with van der Waals surface area (Å²) in [6, 6.07) is 1.55. The summed E-state index contributed by atoms with van der Waals surface area (Å²) in [5, 5.41) is 0.755. The molecule has 0 radical (unpaired) electrons. The van der Waals surface area contributed by atoms with Gasteiger partial charge in [0.15, 0.2) is 0 Å². The molecule has 0 aliphatic rings. The molecule has 0 saturated carbocycles. The Morgan fingerprint density at radius 2 is 2.33 bits per heavy atom. The van der Waals surface area contributed by atoms with Crippen molar-refractivity contribution in [3.63, 3.8) is 0 Å². The van der Waals surface area contributed by atoms with Crippen LogP contribution in [0, 0.1) is 0 Å². The molecule has 1 heterocycles. The van der Waals surface area contributed by atoms with E-state index >= 15 is 0 Å². The number of pyridine rings is 1. The minimum absolute atomic E-state index is 0.116. The molecule has 0 aliphatic carbocycles. The minimum atomic E-state index is 0.116. The molecule has 12 heavy (non-hydrogen) atoms. The standard InChI is InChI=1S/C7H5Cl2NO2/c8-6-2-10-7(9)1-5(6)3-12-4-11/h1-2,4H,3H2. The Labute approximate surface area is 79.3 Å². The second kappa shape index (κ2) is 4.28. The van der Waals surface area contributed by atoms with Crippen LogP contribution in [0.15, 0.2) is 12.3 Å². The smallest absolute Gasteiger partial charge is 0.293 e. The molecule has 1 aromatic heterocycles. The van der Waals surface area contributed by atoms with Crippen molar-refractivity contribution in [1.29, 1.82) is 0 Å². The van der Waals surface area contributed by atoms with Crippen LogP contribution in [-0.2, 0) is 16.1 Å². The van der Waals surface area contributed by atoms with Crippen LogP contribution in [0.2, 0.25) is 10.2 Å². The molecule has 1 rings (SSSR count). The second-order valence-electron chi connectivity index (χ2n) is 2.01. The maximum Gasteiger partial charge on any atom is 0.293 e. The van der Waals surface area contributed by atoms with E-state index in [-0.39, 0.29) is 6.61 Å². The highest BCUT2D eigenvalue weighted by atomic mass is 35.5. The van der Waals surface area contributed by atoms with Crippen LogP contribution < -0.4 is 0 Å². The van der Waals surface area contributed by atoms with Crippen molar-refractivity contribution in [1.82, 2.24) is 4.98 Å². The Balaban J connectivity index is 2.82. The molecule has 0 atom stereocenters. The van der Waals surface area contributed by atoms with Gasteiger partial charge in [-0.3, -0.25) is 4.79 Å². The van der Waals surface area contributed by atoms with Gasteiger partial charge in [-0.15, -0.1) is 0 Å². The lowest BCUT2D eigenvalue weighted by Crippen LogP contribution is -1.92. The summed E-state index contributed by atoms with van der Waals surface area (Å²) >= 11 is 11.3. The molecule has 0 N–H and O–H groups in total. The number of hydrogen-bond donors (Lipinski definition) is 0. The number of carbonyl (C=O) groups is 1. The third kappa shape index (κ3) is 2.36. The number of carbonyl (C=O) groups excluding carboxylic acids is 1. The number of nitrogens with zero attached hydrogens (tertiary/aromatic N) is 1. The van der Waals surface area contributed by atoms with Gasteiger partial charge in [0, 0.05) is 11.8 Å². The molecule has 0 amide bonds. The number of hydrogen-bond acceptors (Lipinski definition) is 3. The number of ether oxygens (including phenoxy) is 1. The topological polar surface area (TPSA) is 39.2 Å². The zero-order valence-electron chi connectivity index (χ0n) is 5.96. The third-order valence-corrected chi connectivity index (χ3v) is 1.76.